The Kier molecular flexibility index (Phi) is 8.54. The summed E-state index contributed by atoms with van der Waals surface area (Å²) in [7, 11) is 0. The maximum atomic E-state index is 11.5. The van der Waals surface area contributed by atoms with Crippen LogP contribution in [0.3, 0.4) is 0 Å². The van der Waals surface area contributed by atoms with Crippen LogP contribution in [0, 0.1) is 11.8 Å². The summed E-state index contributed by atoms with van der Waals surface area (Å²) in [5, 5.41) is 7.73. The number of hydrogen-bond acceptors (Lipinski definition) is 4. The molecule has 5 N–H and O–H groups in total. The summed E-state index contributed by atoms with van der Waals surface area (Å²) >= 11 is 0. The largest absolute Gasteiger partial charge is 0.354 e. The molecule has 0 fully saturated rings. The Labute approximate surface area is 120 Å². The van der Waals surface area contributed by atoms with Crippen molar-refractivity contribution in [1.29, 1.82) is 0 Å². The van der Waals surface area contributed by atoms with Crippen molar-refractivity contribution in [3.05, 3.63) is 0 Å². The van der Waals surface area contributed by atoms with Gasteiger partial charge in [0.2, 0.25) is 17.7 Å². The van der Waals surface area contributed by atoms with E-state index in [2.05, 4.69) is 16.0 Å². The summed E-state index contributed by atoms with van der Waals surface area (Å²) in [6.07, 6.45) is 0. The lowest BCUT2D eigenvalue weighted by Gasteiger charge is -2.15. The average Bonchev–Trinajstić information content (AvgIpc) is 2.39. The van der Waals surface area contributed by atoms with Gasteiger partial charge in [-0.15, -0.1) is 0 Å². The topological polar surface area (TPSA) is 113 Å². The van der Waals surface area contributed by atoms with E-state index in [9.17, 15) is 14.4 Å². The Bertz CT molecular complexity index is 343. The third-order valence-electron chi connectivity index (χ3n) is 2.71. The number of carbonyl (C=O) groups excluding carboxylic acids is 3. The molecule has 0 aromatic heterocycles. The molecular weight excluding hydrogens is 260 g/mol. The van der Waals surface area contributed by atoms with Crippen LogP contribution in [0.4, 0.5) is 0 Å². The van der Waals surface area contributed by atoms with Gasteiger partial charge in [0.1, 0.15) is 0 Å². The predicted octanol–water partition coefficient (Wildman–Crippen LogP) is -1.03. The first-order valence-corrected chi connectivity index (χ1v) is 6.83. The van der Waals surface area contributed by atoms with Crippen LogP contribution in [0.2, 0.25) is 0 Å². The van der Waals surface area contributed by atoms with Crippen molar-refractivity contribution in [2.45, 2.75) is 33.7 Å². The van der Waals surface area contributed by atoms with Crippen molar-refractivity contribution >= 4 is 17.7 Å². The van der Waals surface area contributed by atoms with E-state index < -0.39 is 6.04 Å². The second kappa shape index (κ2) is 9.30. The van der Waals surface area contributed by atoms with Crippen LogP contribution in [0.5, 0.6) is 0 Å². The minimum absolute atomic E-state index is 0.0179. The SMILES string of the molecule is CC(C)C(=O)NCCNC(=O)CNC(=O)[C@@H](N)C(C)C. The first kappa shape index (κ1) is 18.4. The van der Waals surface area contributed by atoms with Crippen molar-refractivity contribution in [1.82, 2.24) is 16.0 Å². The Morgan fingerprint density at radius 3 is 1.95 bits per heavy atom. The lowest BCUT2D eigenvalue weighted by molar-refractivity contribution is -0.127. The average molecular weight is 286 g/mol. The van der Waals surface area contributed by atoms with Gasteiger partial charge < -0.3 is 21.7 Å². The van der Waals surface area contributed by atoms with E-state index in [1.54, 1.807) is 13.8 Å². The van der Waals surface area contributed by atoms with Gasteiger partial charge >= 0.3 is 0 Å². The Morgan fingerprint density at radius 2 is 1.45 bits per heavy atom. The fourth-order valence-corrected chi connectivity index (χ4v) is 1.24. The number of nitrogens with one attached hydrogen (secondary N) is 3. The monoisotopic (exact) mass is 286 g/mol. The summed E-state index contributed by atoms with van der Waals surface area (Å²) in [6.45, 7) is 7.83. The molecule has 0 radical (unpaired) electrons. The van der Waals surface area contributed by atoms with Gasteiger partial charge in [0, 0.05) is 19.0 Å². The fourth-order valence-electron chi connectivity index (χ4n) is 1.24. The second-order valence-corrected chi connectivity index (χ2v) is 5.28. The molecule has 1 atom stereocenters. The quantitative estimate of drug-likeness (QED) is 0.427. The molecule has 0 unspecified atom stereocenters. The maximum absolute atomic E-state index is 11.5. The summed E-state index contributed by atoms with van der Waals surface area (Å²) in [5.74, 6) is -0.779. The third kappa shape index (κ3) is 7.73. The van der Waals surface area contributed by atoms with E-state index in [1.165, 1.54) is 0 Å². The minimum Gasteiger partial charge on any atom is -0.354 e. The Balaban J connectivity index is 3.75. The molecule has 0 bridgehead atoms. The number of amides is 3. The number of carbonyl (C=O) groups is 3. The fraction of sp³-hybridized carbons (Fsp3) is 0.769. The summed E-state index contributed by atoms with van der Waals surface area (Å²) in [6, 6.07) is -0.617. The molecule has 0 heterocycles. The highest BCUT2D eigenvalue weighted by molar-refractivity contribution is 5.87. The third-order valence-corrected chi connectivity index (χ3v) is 2.71. The van der Waals surface area contributed by atoms with Gasteiger partial charge in [-0.1, -0.05) is 27.7 Å². The standard InChI is InChI=1S/C13H26N4O3/c1-8(2)11(14)13(20)17-7-10(18)15-5-6-16-12(19)9(3)4/h8-9,11H,5-7,14H2,1-4H3,(H,15,18)(H,16,19)(H,17,20)/t11-/m0/s1. The molecule has 7 nitrogen and oxygen atoms in total. The van der Waals surface area contributed by atoms with E-state index >= 15 is 0 Å². The van der Waals surface area contributed by atoms with Gasteiger partial charge in [0.15, 0.2) is 0 Å². The molecule has 0 aliphatic rings. The first-order valence-electron chi connectivity index (χ1n) is 6.83. The zero-order valence-electron chi connectivity index (χ0n) is 12.7. The molecule has 0 rings (SSSR count). The minimum atomic E-state index is -0.617. The molecule has 3 amide bonds. The number of rotatable bonds is 8. The molecule has 0 aliphatic carbocycles. The van der Waals surface area contributed by atoms with E-state index in [4.69, 9.17) is 5.73 Å². The van der Waals surface area contributed by atoms with Crippen LogP contribution in [0.15, 0.2) is 0 Å². The van der Waals surface area contributed by atoms with Crippen LogP contribution >= 0.6 is 0 Å². The highest BCUT2D eigenvalue weighted by Crippen LogP contribution is 1.97. The van der Waals surface area contributed by atoms with Crippen molar-refractivity contribution < 1.29 is 14.4 Å². The van der Waals surface area contributed by atoms with E-state index in [1.807, 2.05) is 13.8 Å². The van der Waals surface area contributed by atoms with E-state index in [0.29, 0.717) is 13.1 Å². The van der Waals surface area contributed by atoms with E-state index in [-0.39, 0.29) is 36.1 Å². The number of hydrogen-bond donors (Lipinski definition) is 4. The van der Waals surface area contributed by atoms with Crippen LogP contribution < -0.4 is 21.7 Å². The first-order chi connectivity index (χ1) is 9.25. The molecular formula is C13H26N4O3. The highest BCUT2D eigenvalue weighted by atomic mass is 16.2. The molecule has 0 aliphatic heterocycles. The van der Waals surface area contributed by atoms with Crippen LogP contribution in [-0.2, 0) is 14.4 Å². The van der Waals surface area contributed by atoms with E-state index in [0.717, 1.165) is 0 Å². The molecule has 0 spiro atoms. The number of nitrogens with two attached hydrogens (primary N) is 1. The summed E-state index contributed by atoms with van der Waals surface area (Å²) in [5.41, 5.74) is 5.64. The summed E-state index contributed by atoms with van der Waals surface area (Å²) < 4.78 is 0. The van der Waals surface area contributed by atoms with Crippen molar-refractivity contribution in [3.8, 4) is 0 Å². The molecule has 7 heteroatoms. The molecule has 20 heavy (non-hydrogen) atoms. The molecule has 0 saturated carbocycles. The predicted molar refractivity (Wildman–Crippen MR) is 76.7 cm³/mol. The van der Waals surface area contributed by atoms with Gasteiger partial charge in [-0.05, 0) is 5.92 Å². The smallest absolute Gasteiger partial charge is 0.239 e. The maximum Gasteiger partial charge on any atom is 0.239 e. The lowest BCUT2D eigenvalue weighted by atomic mass is 10.1. The van der Waals surface area contributed by atoms with Crippen molar-refractivity contribution in [2.75, 3.05) is 19.6 Å². The Morgan fingerprint density at radius 1 is 0.900 bits per heavy atom. The van der Waals surface area contributed by atoms with Gasteiger partial charge in [-0.2, -0.15) is 0 Å². The highest BCUT2D eigenvalue weighted by Gasteiger charge is 2.17. The summed E-state index contributed by atoms with van der Waals surface area (Å²) in [4.78, 5) is 34.2. The molecule has 0 aromatic rings. The van der Waals surface area contributed by atoms with Gasteiger partial charge in [0.05, 0.1) is 12.6 Å². The zero-order valence-corrected chi connectivity index (χ0v) is 12.7. The van der Waals surface area contributed by atoms with Crippen LogP contribution in [0.1, 0.15) is 27.7 Å². The van der Waals surface area contributed by atoms with Crippen molar-refractivity contribution in [2.24, 2.45) is 17.6 Å². The van der Waals surface area contributed by atoms with Gasteiger partial charge in [-0.3, -0.25) is 14.4 Å². The van der Waals surface area contributed by atoms with Gasteiger partial charge in [0.25, 0.3) is 0 Å². The van der Waals surface area contributed by atoms with Crippen LogP contribution in [-0.4, -0.2) is 43.4 Å². The van der Waals surface area contributed by atoms with Gasteiger partial charge in [-0.25, -0.2) is 0 Å². The second-order valence-electron chi connectivity index (χ2n) is 5.28. The zero-order chi connectivity index (χ0) is 15.7. The Hall–Kier alpha value is -1.63. The lowest BCUT2D eigenvalue weighted by Crippen LogP contribution is -2.47. The molecule has 0 aromatic carbocycles. The van der Waals surface area contributed by atoms with Crippen LogP contribution in [0.25, 0.3) is 0 Å². The molecule has 0 saturated heterocycles. The molecule has 116 valence electrons. The van der Waals surface area contributed by atoms with Crippen molar-refractivity contribution in [3.63, 3.8) is 0 Å². The normalized spacial score (nSPS) is 12.2.